The van der Waals surface area contributed by atoms with Gasteiger partial charge in [0.15, 0.2) is 4.75 Å². The van der Waals surface area contributed by atoms with Crippen molar-refractivity contribution in [3.05, 3.63) is 48.0 Å². The van der Waals surface area contributed by atoms with Crippen LogP contribution in [-0.4, -0.2) is 51.2 Å². The maximum absolute atomic E-state index is 13.6. The van der Waals surface area contributed by atoms with Crippen molar-refractivity contribution < 1.29 is 22.0 Å². The van der Waals surface area contributed by atoms with Crippen LogP contribution in [0.2, 0.25) is 0 Å². The normalized spacial score (nSPS) is 22.3. The molecule has 0 bridgehead atoms. The molecule has 0 atom stereocenters. The molecular weight excluding hydrogens is 534 g/mol. The minimum atomic E-state index is -3.77. The molecule has 10 heteroatoms. The lowest BCUT2D eigenvalue weighted by Gasteiger charge is -2.35. The second-order valence-corrected chi connectivity index (χ2v) is 13.8. The third-order valence-electron chi connectivity index (χ3n) is 9.06. The molecular formula is C30H34F2N4O3S. The number of terminal acetylenes is 1. The minimum Gasteiger partial charge on any atom is -0.371 e. The van der Waals surface area contributed by atoms with Crippen molar-refractivity contribution in [2.45, 2.75) is 62.0 Å². The van der Waals surface area contributed by atoms with Crippen molar-refractivity contribution in [2.75, 3.05) is 46.0 Å². The number of piperidine rings is 2. The molecule has 2 saturated heterocycles. The Morgan fingerprint density at radius 1 is 0.850 bits per heavy atom. The first-order valence-electron chi connectivity index (χ1n) is 14.0. The summed E-state index contributed by atoms with van der Waals surface area (Å²) in [7, 11) is -3.77. The summed E-state index contributed by atoms with van der Waals surface area (Å²) in [6, 6.07) is 12.2. The van der Waals surface area contributed by atoms with Gasteiger partial charge in [-0.05, 0) is 80.3 Å². The fourth-order valence-corrected chi connectivity index (χ4v) is 7.30. The Morgan fingerprint density at radius 3 is 2.15 bits per heavy atom. The minimum absolute atomic E-state index is 0.192. The van der Waals surface area contributed by atoms with Crippen LogP contribution >= 0.6 is 0 Å². The molecule has 0 aromatic heterocycles. The molecule has 2 N–H and O–H groups in total. The number of alkyl halides is 2. The summed E-state index contributed by atoms with van der Waals surface area (Å²) in [6.45, 7) is 2.09. The van der Waals surface area contributed by atoms with Gasteiger partial charge < -0.3 is 15.1 Å². The molecule has 2 aliphatic heterocycles. The van der Waals surface area contributed by atoms with Gasteiger partial charge in [-0.1, -0.05) is 12.0 Å². The van der Waals surface area contributed by atoms with E-state index in [2.05, 4.69) is 20.9 Å². The first-order chi connectivity index (χ1) is 19.0. The summed E-state index contributed by atoms with van der Waals surface area (Å²) in [5.74, 6) is -0.521. The number of benzene rings is 2. The molecule has 7 nitrogen and oxygen atoms in total. The highest BCUT2D eigenvalue weighted by Crippen LogP contribution is 2.54. The van der Waals surface area contributed by atoms with Gasteiger partial charge in [0.05, 0.1) is 16.9 Å². The number of hydrogen-bond acceptors (Lipinski definition) is 5. The number of carbonyl (C=O) groups excluding carboxylic acids is 1. The molecule has 0 radical (unpaired) electrons. The number of anilines is 4. The highest BCUT2D eigenvalue weighted by Gasteiger charge is 2.53. The molecule has 40 heavy (non-hydrogen) atoms. The number of hydrogen-bond donors (Lipinski definition) is 2. The van der Waals surface area contributed by atoms with Gasteiger partial charge in [0.25, 0.3) is 11.8 Å². The van der Waals surface area contributed by atoms with Crippen LogP contribution in [0.25, 0.3) is 0 Å². The van der Waals surface area contributed by atoms with E-state index in [1.54, 1.807) is 36.4 Å². The van der Waals surface area contributed by atoms with E-state index in [-0.39, 0.29) is 31.8 Å². The highest BCUT2D eigenvalue weighted by molar-refractivity contribution is 7.94. The number of halogens is 2. The Labute approximate surface area is 234 Å². The van der Waals surface area contributed by atoms with Crippen molar-refractivity contribution in [3.63, 3.8) is 0 Å². The molecule has 6 rings (SSSR count). The van der Waals surface area contributed by atoms with E-state index in [9.17, 15) is 22.0 Å². The molecule has 2 aliphatic carbocycles. The molecule has 0 unspecified atom stereocenters. The molecule has 2 aromatic carbocycles. The Hall–Kier alpha value is -3.32. The van der Waals surface area contributed by atoms with Gasteiger partial charge in [-0.15, -0.1) is 6.42 Å². The van der Waals surface area contributed by atoms with Gasteiger partial charge in [0.1, 0.15) is 0 Å². The van der Waals surface area contributed by atoms with E-state index >= 15 is 0 Å². The van der Waals surface area contributed by atoms with Gasteiger partial charge in [-0.3, -0.25) is 9.52 Å². The van der Waals surface area contributed by atoms with Crippen molar-refractivity contribution >= 4 is 38.7 Å². The van der Waals surface area contributed by atoms with E-state index in [1.807, 2.05) is 11.0 Å². The van der Waals surface area contributed by atoms with E-state index in [0.717, 1.165) is 31.6 Å². The maximum Gasteiger partial charge on any atom is 0.257 e. The van der Waals surface area contributed by atoms with Crippen LogP contribution in [0.1, 0.15) is 61.7 Å². The molecule has 2 aromatic rings. The Kier molecular flexibility index (Phi) is 6.49. The summed E-state index contributed by atoms with van der Waals surface area (Å²) in [4.78, 5) is 17.7. The zero-order chi connectivity index (χ0) is 28.2. The molecule has 4 fully saturated rings. The topological polar surface area (TPSA) is 81.7 Å². The van der Waals surface area contributed by atoms with Crippen LogP contribution in [-0.2, 0) is 10.0 Å². The lowest BCUT2D eigenvalue weighted by atomic mass is 9.93. The lowest BCUT2D eigenvalue weighted by molar-refractivity contribution is -0.0220. The van der Waals surface area contributed by atoms with Crippen LogP contribution in [0.15, 0.2) is 42.5 Å². The number of rotatable bonds is 7. The van der Waals surface area contributed by atoms with E-state index < -0.39 is 20.7 Å². The van der Waals surface area contributed by atoms with Crippen LogP contribution < -0.4 is 19.8 Å². The molecule has 212 valence electrons. The van der Waals surface area contributed by atoms with E-state index in [0.29, 0.717) is 40.9 Å². The monoisotopic (exact) mass is 568 g/mol. The first kappa shape index (κ1) is 26.9. The standard InChI is InChI=1S/C30H34F2N4O3S/c1-2-29(10-11-29)40(38,39)34-23-6-7-25(26(21-23)36-16-12-28(8-9-28)13-17-36)27(37)33-22-4-3-5-24(20-22)35-18-14-30(31,32)15-19-35/h1,3-7,20-21,34H,8-19H2,(H,33,37). The summed E-state index contributed by atoms with van der Waals surface area (Å²) < 4.78 is 54.7. The summed E-state index contributed by atoms with van der Waals surface area (Å²) in [5, 5.41) is 2.97. The van der Waals surface area contributed by atoms with Crippen LogP contribution in [0.5, 0.6) is 0 Å². The predicted octanol–water partition coefficient (Wildman–Crippen LogP) is 5.46. The number of sulfonamides is 1. The second kappa shape index (κ2) is 9.65. The van der Waals surface area contributed by atoms with Crippen molar-refractivity contribution in [1.29, 1.82) is 0 Å². The number of amides is 1. The van der Waals surface area contributed by atoms with Gasteiger partial charge in [0, 0.05) is 50.4 Å². The lowest BCUT2D eigenvalue weighted by Crippen LogP contribution is -2.39. The molecule has 2 heterocycles. The molecule has 4 aliphatic rings. The van der Waals surface area contributed by atoms with Gasteiger partial charge in [-0.2, -0.15) is 0 Å². The average Bonchev–Trinajstić information content (AvgIpc) is 3.86. The smallest absolute Gasteiger partial charge is 0.257 e. The number of carbonyl (C=O) groups is 1. The fourth-order valence-electron chi connectivity index (χ4n) is 5.88. The fraction of sp³-hybridized carbons (Fsp3) is 0.500. The second-order valence-electron chi connectivity index (χ2n) is 11.8. The molecule has 1 spiro atoms. The summed E-state index contributed by atoms with van der Waals surface area (Å²) in [5.41, 5.74) is 3.28. The van der Waals surface area contributed by atoms with E-state index in [1.165, 1.54) is 12.8 Å². The predicted molar refractivity (Wildman–Crippen MR) is 154 cm³/mol. The number of nitrogens with one attached hydrogen (secondary N) is 2. The Morgan fingerprint density at radius 2 is 1.52 bits per heavy atom. The molecule has 2 saturated carbocycles. The van der Waals surface area contributed by atoms with Crippen LogP contribution in [0.4, 0.5) is 31.5 Å². The van der Waals surface area contributed by atoms with Crippen molar-refractivity contribution in [1.82, 2.24) is 0 Å². The van der Waals surface area contributed by atoms with Gasteiger partial charge in [0.2, 0.25) is 10.0 Å². The third-order valence-corrected chi connectivity index (χ3v) is 11.1. The van der Waals surface area contributed by atoms with Crippen LogP contribution in [0.3, 0.4) is 0 Å². The van der Waals surface area contributed by atoms with Gasteiger partial charge >= 0.3 is 0 Å². The zero-order valence-corrected chi connectivity index (χ0v) is 23.2. The largest absolute Gasteiger partial charge is 0.371 e. The summed E-state index contributed by atoms with van der Waals surface area (Å²) >= 11 is 0. The first-order valence-corrected chi connectivity index (χ1v) is 15.4. The highest BCUT2D eigenvalue weighted by atomic mass is 32.2. The SMILES string of the molecule is C#CC1(S(=O)(=O)Nc2ccc(C(=O)Nc3cccc(N4CCC(F)(F)CC4)c3)c(N3CCC4(CC3)CC4)c2)CC1. The number of nitrogens with zero attached hydrogens (tertiary/aromatic N) is 2. The maximum atomic E-state index is 13.6. The summed E-state index contributed by atoms with van der Waals surface area (Å²) in [6.07, 6.45) is 10.6. The Balaban J connectivity index is 1.24. The van der Waals surface area contributed by atoms with Crippen LogP contribution in [0, 0.1) is 17.8 Å². The van der Waals surface area contributed by atoms with E-state index in [4.69, 9.17) is 6.42 Å². The van der Waals surface area contributed by atoms with Crippen molar-refractivity contribution in [3.8, 4) is 12.3 Å². The van der Waals surface area contributed by atoms with Crippen molar-refractivity contribution in [2.24, 2.45) is 5.41 Å². The van der Waals surface area contributed by atoms with Gasteiger partial charge in [-0.25, -0.2) is 17.2 Å². The quantitative estimate of drug-likeness (QED) is 0.434. The zero-order valence-electron chi connectivity index (χ0n) is 22.4. The Bertz CT molecular complexity index is 1460. The molecule has 1 amide bonds. The third kappa shape index (κ3) is 5.24. The average molecular weight is 569 g/mol.